The van der Waals surface area contributed by atoms with E-state index in [0.717, 1.165) is 29.5 Å². The summed E-state index contributed by atoms with van der Waals surface area (Å²) in [5.74, 6) is -0.0681. The minimum absolute atomic E-state index is 0.160. The van der Waals surface area contributed by atoms with Crippen molar-refractivity contribution in [2.24, 2.45) is 5.92 Å². The SMILES string of the molecule is CC(C)CN1C(=O)c2cccc3c(N4CCCCC4)ccc(c23)C1=O. The van der Waals surface area contributed by atoms with Crippen molar-refractivity contribution in [1.82, 2.24) is 4.90 Å². The highest BCUT2D eigenvalue weighted by Crippen LogP contribution is 2.36. The molecule has 1 fully saturated rings. The number of imide groups is 1. The first-order valence-corrected chi connectivity index (χ1v) is 9.25. The van der Waals surface area contributed by atoms with E-state index in [9.17, 15) is 9.59 Å². The van der Waals surface area contributed by atoms with E-state index in [2.05, 4.69) is 11.0 Å². The van der Waals surface area contributed by atoms with E-state index >= 15 is 0 Å². The lowest BCUT2D eigenvalue weighted by Gasteiger charge is -2.33. The van der Waals surface area contributed by atoms with Crippen molar-refractivity contribution in [2.75, 3.05) is 24.5 Å². The van der Waals surface area contributed by atoms with Gasteiger partial charge in [0.2, 0.25) is 0 Å². The van der Waals surface area contributed by atoms with E-state index in [4.69, 9.17) is 0 Å². The summed E-state index contributed by atoms with van der Waals surface area (Å²) in [7, 11) is 0. The van der Waals surface area contributed by atoms with Crippen LogP contribution in [0.25, 0.3) is 10.8 Å². The molecule has 2 heterocycles. The summed E-state index contributed by atoms with van der Waals surface area (Å²) in [6.45, 7) is 6.59. The number of hydrogen-bond donors (Lipinski definition) is 0. The number of anilines is 1. The second-order valence-corrected chi connectivity index (χ2v) is 7.52. The fourth-order valence-electron chi connectivity index (χ4n) is 4.07. The summed E-state index contributed by atoms with van der Waals surface area (Å²) < 4.78 is 0. The first kappa shape index (κ1) is 16.1. The quantitative estimate of drug-likeness (QED) is 0.793. The zero-order chi connectivity index (χ0) is 17.6. The van der Waals surface area contributed by atoms with Gasteiger partial charge in [0.05, 0.1) is 0 Å². The smallest absolute Gasteiger partial charge is 0.261 e. The number of piperidine rings is 1. The van der Waals surface area contributed by atoms with E-state index in [1.165, 1.54) is 24.2 Å². The molecule has 2 aliphatic heterocycles. The van der Waals surface area contributed by atoms with Crippen LogP contribution in [0.1, 0.15) is 53.8 Å². The summed E-state index contributed by atoms with van der Waals surface area (Å²) in [5, 5.41) is 1.86. The summed E-state index contributed by atoms with van der Waals surface area (Å²) in [6, 6.07) is 9.82. The number of nitrogens with zero attached hydrogens (tertiary/aromatic N) is 2. The summed E-state index contributed by atoms with van der Waals surface area (Å²) in [4.78, 5) is 29.7. The molecule has 2 amide bonds. The third-order valence-corrected chi connectivity index (χ3v) is 5.21. The molecule has 0 aromatic heterocycles. The van der Waals surface area contributed by atoms with Crippen molar-refractivity contribution >= 4 is 28.3 Å². The maximum atomic E-state index is 12.9. The van der Waals surface area contributed by atoms with Crippen LogP contribution < -0.4 is 4.90 Å². The summed E-state index contributed by atoms with van der Waals surface area (Å²) in [5.41, 5.74) is 2.47. The first-order valence-electron chi connectivity index (χ1n) is 9.25. The minimum atomic E-state index is -0.160. The van der Waals surface area contributed by atoms with Crippen LogP contribution in [0.4, 0.5) is 5.69 Å². The van der Waals surface area contributed by atoms with Gasteiger partial charge in [0.25, 0.3) is 11.8 Å². The third-order valence-electron chi connectivity index (χ3n) is 5.21. The fourth-order valence-corrected chi connectivity index (χ4v) is 4.07. The van der Waals surface area contributed by atoms with Gasteiger partial charge in [-0.2, -0.15) is 0 Å². The highest BCUT2D eigenvalue weighted by Gasteiger charge is 2.33. The number of amides is 2. The van der Waals surface area contributed by atoms with Crippen molar-refractivity contribution in [2.45, 2.75) is 33.1 Å². The van der Waals surface area contributed by atoms with Gasteiger partial charge in [0, 0.05) is 47.2 Å². The molecule has 0 aliphatic carbocycles. The number of hydrogen-bond acceptors (Lipinski definition) is 3. The molecular weight excluding hydrogens is 312 g/mol. The molecule has 130 valence electrons. The van der Waals surface area contributed by atoms with Crippen LogP contribution in [-0.2, 0) is 0 Å². The molecule has 0 N–H and O–H groups in total. The minimum Gasteiger partial charge on any atom is -0.371 e. The van der Waals surface area contributed by atoms with Gasteiger partial charge in [-0.1, -0.05) is 26.0 Å². The van der Waals surface area contributed by atoms with Crippen LogP contribution in [0.3, 0.4) is 0 Å². The van der Waals surface area contributed by atoms with Crippen molar-refractivity contribution in [3.8, 4) is 0 Å². The van der Waals surface area contributed by atoms with Crippen LogP contribution in [0, 0.1) is 5.92 Å². The van der Waals surface area contributed by atoms with Gasteiger partial charge in [-0.3, -0.25) is 14.5 Å². The zero-order valence-corrected chi connectivity index (χ0v) is 14.9. The van der Waals surface area contributed by atoms with E-state index in [-0.39, 0.29) is 17.7 Å². The van der Waals surface area contributed by atoms with Crippen molar-refractivity contribution in [3.05, 3.63) is 41.5 Å². The average molecular weight is 336 g/mol. The van der Waals surface area contributed by atoms with E-state index in [1.54, 1.807) is 0 Å². The molecule has 1 saturated heterocycles. The van der Waals surface area contributed by atoms with E-state index < -0.39 is 0 Å². The van der Waals surface area contributed by atoms with Gasteiger partial charge in [0.1, 0.15) is 0 Å². The number of rotatable bonds is 3. The zero-order valence-electron chi connectivity index (χ0n) is 14.9. The van der Waals surface area contributed by atoms with Gasteiger partial charge in [-0.15, -0.1) is 0 Å². The van der Waals surface area contributed by atoms with Gasteiger partial charge < -0.3 is 4.90 Å². The molecule has 4 heteroatoms. The Labute approximate surface area is 148 Å². The van der Waals surface area contributed by atoms with Gasteiger partial charge in [-0.25, -0.2) is 0 Å². The van der Waals surface area contributed by atoms with Crippen LogP contribution in [-0.4, -0.2) is 36.3 Å². The van der Waals surface area contributed by atoms with Crippen molar-refractivity contribution in [3.63, 3.8) is 0 Å². The van der Waals surface area contributed by atoms with Gasteiger partial charge in [-0.05, 0) is 43.4 Å². The molecule has 0 bridgehead atoms. The standard InChI is InChI=1S/C21H24N2O2/c1-14(2)13-23-20(24)16-8-6-7-15-18(22-11-4-3-5-12-22)10-9-17(19(15)16)21(23)25/h6-10,14H,3-5,11-13H2,1-2H3. The average Bonchev–Trinajstić information content (AvgIpc) is 2.63. The molecule has 4 nitrogen and oxygen atoms in total. The second kappa shape index (κ2) is 6.17. The Hall–Kier alpha value is -2.36. The van der Waals surface area contributed by atoms with E-state index in [1.807, 2.05) is 38.1 Å². The van der Waals surface area contributed by atoms with Crippen molar-refractivity contribution < 1.29 is 9.59 Å². The predicted molar refractivity (Wildman–Crippen MR) is 100 cm³/mol. The highest BCUT2D eigenvalue weighted by molar-refractivity contribution is 6.26. The molecule has 2 aromatic rings. The largest absolute Gasteiger partial charge is 0.371 e. The molecule has 0 spiro atoms. The van der Waals surface area contributed by atoms with Gasteiger partial charge in [0.15, 0.2) is 0 Å². The monoisotopic (exact) mass is 336 g/mol. The van der Waals surface area contributed by atoms with Crippen LogP contribution in [0.5, 0.6) is 0 Å². The molecule has 0 saturated carbocycles. The molecule has 2 aromatic carbocycles. The topological polar surface area (TPSA) is 40.6 Å². The number of benzene rings is 2. The Balaban J connectivity index is 1.87. The molecular formula is C21H24N2O2. The Morgan fingerprint density at radius 1 is 0.920 bits per heavy atom. The number of carbonyl (C=O) groups excluding carboxylic acids is 2. The molecule has 0 unspecified atom stereocenters. The molecule has 25 heavy (non-hydrogen) atoms. The van der Waals surface area contributed by atoms with Gasteiger partial charge >= 0.3 is 0 Å². The lowest BCUT2D eigenvalue weighted by Crippen LogP contribution is -2.42. The Bertz CT molecular complexity index is 828. The lowest BCUT2D eigenvalue weighted by atomic mass is 9.92. The fraction of sp³-hybridized carbons (Fsp3) is 0.429. The normalized spacial score (nSPS) is 17.7. The van der Waals surface area contributed by atoms with Crippen LogP contribution in [0.15, 0.2) is 30.3 Å². The third kappa shape index (κ3) is 2.60. The van der Waals surface area contributed by atoms with E-state index in [0.29, 0.717) is 17.7 Å². The molecule has 4 rings (SSSR count). The first-order chi connectivity index (χ1) is 12.1. The van der Waals surface area contributed by atoms with Crippen molar-refractivity contribution in [1.29, 1.82) is 0 Å². The Morgan fingerprint density at radius 2 is 1.60 bits per heavy atom. The molecule has 0 radical (unpaired) electrons. The predicted octanol–water partition coefficient (Wildman–Crippen LogP) is 4.08. The second-order valence-electron chi connectivity index (χ2n) is 7.52. The van der Waals surface area contributed by atoms with Crippen LogP contribution in [0.2, 0.25) is 0 Å². The molecule has 2 aliphatic rings. The highest BCUT2D eigenvalue weighted by atomic mass is 16.2. The molecule has 0 atom stereocenters. The Kier molecular flexibility index (Phi) is 3.98. The summed E-state index contributed by atoms with van der Waals surface area (Å²) >= 11 is 0. The summed E-state index contributed by atoms with van der Waals surface area (Å²) in [6.07, 6.45) is 3.67. The lowest BCUT2D eigenvalue weighted by molar-refractivity contribution is 0.0592. The number of carbonyl (C=O) groups is 2. The Morgan fingerprint density at radius 3 is 2.28 bits per heavy atom. The maximum Gasteiger partial charge on any atom is 0.261 e. The maximum absolute atomic E-state index is 12.9. The van der Waals surface area contributed by atoms with Crippen LogP contribution >= 0.6 is 0 Å².